The van der Waals surface area contributed by atoms with Crippen LogP contribution in [0, 0.1) is 0 Å². The third-order valence-electron chi connectivity index (χ3n) is 2.72. The monoisotopic (exact) mass is 350 g/mol. The minimum atomic E-state index is -0.331. The molecule has 0 spiro atoms. The zero-order valence-electron chi connectivity index (χ0n) is 11.0. The van der Waals surface area contributed by atoms with E-state index in [2.05, 4.69) is 19.7 Å². The van der Waals surface area contributed by atoms with Crippen LogP contribution in [-0.2, 0) is 0 Å². The molecule has 2 aromatic heterocycles. The Morgan fingerprint density at radius 1 is 1.14 bits per heavy atom. The highest BCUT2D eigenvalue weighted by Crippen LogP contribution is 2.24. The Morgan fingerprint density at radius 2 is 2.00 bits per heavy atom. The highest BCUT2D eigenvalue weighted by Gasteiger charge is 2.12. The lowest BCUT2D eigenvalue weighted by Crippen LogP contribution is -2.11. The highest BCUT2D eigenvalue weighted by atomic mass is 35.5. The van der Waals surface area contributed by atoms with Gasteiger partial charge in [0.2, 0.25) is 5.13 Å². The fourth-order valence-corrected chi connectivity index (χ4v) is 2.55. The molecule has 3 rings (SSSR count). The van der Waals surface area contributed by atoms with Crippen molar-refractivity contribution < 1.29 is 4.79 Å². The smallest absolute Gasteiger partial charge is 0.257 e. The van der Waals surface area contributed by atoms with Gasteiger partial charge in [-0.15, -0.1) is 0 Å². The first-order valence-electron chi connectivity index (χ1n) is 6.15. The van der Waals surface area contributed by atoms with E-state index in [1.165, 1.54) is 6.07 Å². The van der Waals surface area contributed by atoms with Crippen molar-refractivity contribution in [1.29, 1.82) is 0 Å². The van der Waals surface area contributed by atoms with E-state index in [-0.39, 0.29) is 5.91 Å². The van der Waals surface area contributed by atoms with Gasteiger partial charge in [0, 0.05) is 23.3 Å². The molecule has 5 nitrogen and oxygen atoms in total. The first kappa shape index (κ1) is 14.9. The summed E-state index contributed by atoms with van der Waals surface area (Å²) >= 11 is 12.8. The van der Waals surface area contributed by atoms with Crippen LogP contribution in [-0.4, -0.2) is 20.2 Å². The summed E-state index contributed by atoms with van der Waals surface area (Å²) in [4.78, 5) is 20.5. The molecule has 0 saturated carbocycles. The Kier molecular flexibility index (Phi) is 4.33. The summed E-state index contributed by atoms with van der Waals surface area (Å²) in [6.07, 6.45) is 1.66. The van der Waals surface area contributed by atoms with Crippen LogP contribution >= 0.6 is 34.7 Å². The second-order valence-electron chi connectivity index (χ2n) is 4.22. The van der Waals surface area contributed by atoms with Gasteiger partial charge in [-0.25, -0.2) is 0 Å². The highest BCUT2D eigenvalue weighted by molar-refractivity contribution is 7.10. The minimum Gasteiger partial charge on any atom is -0.297 e. The average Bonchev–Trinajstić information content (AvgIpc) is 2.99. The maximum Gasteiger partial charge on any atom is 0.257 e. The van der Waals surface area contributed by atoms with Crippen molar-refractivity contribution in [3.8, 4) is 11.5 Å². The number of hydrogen-bond donors (Lipinski definition) is 1. The van der Waals surface area contributed by atoms with Crippen molar-refractivity contribution in [3.05, 3.63) is 58.2 Å². The van der Waals surface area contributed by atoms with E-state index in [0.717, 1.165) is 11.5 Å². The van der Waals surface area contributed by atoms with Gasteiger partial charge in [-0.3, -0.25) is 15.1 Å². The summed E-state index contributed by atoms with van der Waals surface area (Å²) in [5.74, 6) is 0.136. The molecule has 0 atom stereocenters. The number of rotatable bonds is 3. The van der Waals surface area contributed by atoms with Crippen LogP contribution < -0.4 is 5.32 Å². The third-order valence-corrected chi connectivity index (χ3v) is 4.09. The third kappa shape index (κ3) is 3.24. The second-order valence-corrected chi connectivity index (χ2v) is 5.79. The van der Waals surface area contributed by atoms with Gasteiger partial charge in [-0.1, -0.05) is 29.3 Å². The number of nitrogens with one attached hydrogen (secondary N) is 1. The molecule has 0 aliphatic rings. The Bertz CT molecular complexity index is 823. The van der Waals surface area contributed by atoms with Gasteiger partial charge >= 0.3 is 0 Å². The van der Waals surface area contributed by atoms with E-state index in [1.807, 2.05) is 12.1 Å². The molecule has 0 saturated heterocycles. The molecule has 0 fully saturated rings. The first-order chi connectivity index (χ1) is 10.6. The van der Waals surface area contributed by atoms with Crippen LogP contribution in [0.15, 0.2) is 42.6 Å². The lowest BCUT2D eigenvalue weighted by Gasteiger charge is -2.02. The average molecular weight is 351 g/mol. The molecule has 2 heterocycles. The summed E-state index contributed by atoms with van der Waals surface area (Å²) in [5.41, 5.74) is 1.04. The van der Waals surface area contributed by atoms with Crippen molar-refractivity contribution >= 4 is 45.8 Å². The van der Waals surface area contributed by atoms with Crippen LogP contribution in [0.5, 0.6) is 0 Å². The number of nitrogens with zero attached hydrogens (tertiary/aromatic N) is 3. The van der Waals surface area contributed by atoms with Gasteiger partial charge < -0.3 is 0 Å². The summed E-state index contributed by atoms with van der Waals surface area (Å²) in [6, 6.07) is 10.1. The Balaban J connectivity index is 1.77. The normalized spacial score (nSPS) is 10.5. The van der Waals surface area contributed by atoms with Crippen LogP contribution in [0.25, 0.3) is 11.5 Å². The number of amides is 1. The van der Waals surface area contributed by atoms with Gasteiger partial charge in [-0.05, 0) is 30.3 Å². The topological polar surface area (TPSA) is 67.8 Å². The maximum atomic E-state index is 12.1. The van der Waals surface area contributed by atoms with Crippen molar-refractivity contribution in [3.63, 3.8) is 0 Å². The van der Waals surface area contributed by atoms with Gasteiger partial charge in [0.15, 0.2) is 5.82 Å². The number of anilines is 1. The zero-order chi connectivity index (χ0) is 15.5. The van der Waals surface area contributed by atoms with Crippen LogP contribution in [0.1, 0.15) is 10.4 Å². The summed E-state index contributed by atoms with van der Waals surface area (Å²) < 4.78 is 4.17. The molecule has 0 unspecified atom stereocenters. The molecular formula is C14H8Cl2N4OS. The molecule has 0 aliphatic carbocycles. The number of hydrogen-bond acceptors (Lipinski definition) is 5. The number of pyridine rings is 1. The van der Waals surface area contributed by atoms with Crippen LogP contribution in [0.3, 0.4) is 0 Å². The molecule has 110 valence electrons. The summed E-state index contributed by atoms with van der Waals surface area (Å²) in [6.45, 7) is 0. The van der Waals surface area contributed by atoms with E-state index in [0.29, 0.717) is 32.3 Å². The summed E-state index contributed by atoms with van der Waals surface area (Å²) in [7, 11) is 0. The Morgan fingerprint density at radius 3 is 2.73 bits per heavy atom. The van der Waals surface area contributed by atoms with E-state index in [9.17, 15) is 4.79 Å². The quantitative estimate of drug-likeness (QED) is 0.769. The molecule has 0 bridgehead atoms. The van der Waals surface area contributed by atoms with Crippen molar-refractivity contribution in [2.45, 2.75) is 0 Å². The maximum absolute atomic E-state index is 12.1. The van der Waals surface area contributed by atoms with E-state index >= 15 is 0 Å². The Hall–Kier alpha value is -2.02. The summed E-state index contributed by atoms with van der Waals surface area (Å²) in [5, 5.41) is 3.77. The van der Waals surface area contributed by atoms with Gasteiger partial charge in [0.25, 0.3) is 5.91 Å². The molecule has 1 amide bonds. The number of carbonyl (C=O) groups excluding carboxylic acids is 1. The lowest BCUT2D eigenvalue weighted by atomic mass is 10.2. The molecule has 0 aliphatic heterocycles. The largest absolute Gasteiger partial charge is 0.297 e. The number of halogens is 2. The number of carbonyl (C=O) groups is 1. The van der Waals surface area contributed by atoms with Gasteiger partial charge in [-0.2, -0.15) is 9.36 Å². The number of benzene rings is 1. The van der Waals surface area contributed by atoms with E-state index in [1.54, 1.807) is 24.4 Å². The standard InChI is InChI=1S/C14H8Cl2N4OS/c15-9-5-4-8(7-10(9)16)13(21)19-14-18-12(20-22-14)11-3-1-2-6-17-11/h1-7H,(H,18,19,20,21). The van der Waals surface area contributed by atoms with Crippen molar-refractivity contribution in [2.24, 2.45) is 0 Å². The molecule has 22 heavy (non-hydrogen) atoms. The molecular weight excluding hydrogens is 343 g/mol. The van der Waals surface area contributed by atoms with E-state index < -0.39 is 0 Å². The Labute approximate surface area is 140 Å². The predicted molar refractivity (Wildman–Crippen MR) is 87.6 cm³/mol. The molecule has 3 aromatic rings. The van der Waals surface area contributed by atoms with Crippen molar-refractivity contribution in [2.75, 3.05) is 5.32 Å². The predicted octanol–water partition coefficient (Wildman–Crippen LogP) is 4.16. The lowest BCUT2D eigenvalue weighted by molar-refractivity contribution is 0.102. The number of aromatic nitrogens is 3. The first-order valence-corrected chi connectivity index (χ1v) is 7.68. The van der Waals surface area contributed by atoms with Gasteiger partial charge in [0.1, 0.15) is 5.69 Å². The molecule has 8 heteroatoms. The molecule has 0 radical (unpaired) electrons. The van der Waals surface area contributed by atoms with E-state index in [4.69, 9.17) is 23.2 Å². The fourth-order valence-electron chi connectivity index (χ4n) is 1.68. The molecule has 1 N–H and O–H groups in total. The minimum absolute atomic E-state index is 0.320. The zero-order valence-corrected chi connectivity index (χ0v) is 13.3. The van der Waals surface area contributed by atoms with Crippen molar-refractivity contribution in [1.82, 2.24) is 14.3 Å². The second kappa shape index (κ2) is 6.39. The van der Waals surface area contributed by atoms with Crippen LogP contribution in [0.4, 0.5) is 5.13 Å². The van der Waals surface area contributed by atoms with Crippen LogP contribution in [0.2, 0.25) is 10.0 Å². The fraction of sp³-hybridized carbons (Fsp3) is 0. The SMILES string of the molecule is O=C(Nc1nc(-c2ccccn2)ns1)c1ccc(Cl)c(Cl)c1. The molecule has 1 aromatic carbocycles. The van der Waals surface area contributed by atoms with Gasteiger partial charge in [0.05, 0.1) is 10.0 Å².